The molecule has 4 heteroatoms. The average Bonchev–Trinajstić information content (AvgIpc) is 2.41. The molecule has 104 valence electrons. The Morgan fingerprint density at radius 2 is 1.75 bits per heavy atom. The van der Waals surface area contributed by atoms with Gasteiger partial charge in [0.05, 0.1) is 0 Å². The van der Waals surface area contributed by atoms with Crippen molar-refractivity contribution in [3.05, 3.63) is 53.6 Å². The van der Waals surface area contributed by atoms with Crippen molar-refractivity contribution in [3.63, 3.8) is 0 Å². The van der Waals surface area contributed by atoms with Crippen LogP contribution in [-0.4, -0.2) is 25.1 Å². The first-order chi connectivity index (χ1) is 9.47. The van der Waals surface area contributed by atoms with E-state index in [-0.39, 0.29) is 11.7 Å². The number of aryl methyl sites for hydroxylation is 1. The van der Waals surface area contributed by atoms with Crippen molar-refractivity contribution in [2.45, 2.75) is 6.92 Å². The Morgan fingerprint density at radius 1 is 1.10 bits per heavy atom. The van der Waals surface area contributed by atoms with Gasteiger partial charge in [0.1, 0.15) is 5.75 Å². The lowest BCUT2D eigenvalue weighted by Crippen LogP contribution is -2.14. The van der Waals surface area contributed by atoms with E-state index in [1.165, 1.54) is 12.1 Å². The van der Waals surface area contributed by atoms with E-state index in [9.17, 15) is 9.90 Å². The van der Waals surface area contributed by atoms with Gasteiger partial charge in [-0.15, -0.1) is 0 Å². The van der Waals surface area contributed by atoms with Crippen molar-refractivity contribution in [2.75, 3.05) is 24.3 Å². The maximum absolute atomic E-state index is 12.1. The van der Waals surface area contributed by atoms with Gasteiger partial charge in [0.15, 0.2) is 0 Å². The van der Waals surface area contributed by atoms with Crippen LogP contribution in [0.1, 0.15) is 15.9 Å². The van der Waals surface area contributed by atoms with Crippen LogP contribution in [0.15, 0.2) is 42.5 Å². The summed E-state index contributed by atoms with van der Waals surface area (Å²) in [5.74, 6) is -0.0506. The highest BCUT2D eigenvalue weighted by atomic mass is 16.3. The fourth-order valence-electron chi connectivity index (χ4n) is 1.99. The summed E-state index contributed by atoms with van der Waals surface area (Å²) in [7, 11) is 3.93. The summed E-state index contributed by atoms with van der Waals surface area (Å²) < 4.78 is 0. The molecule has 0 radical (unpaired) electrons. The number of phenols is 1. The third kappa shape index (κ3) is 3.09. The molecule has 0 unspecified atom stereocenters. The molecule has 0 saturated heterocycles. The molecule has 2 aromatic rings. The second-order valence-electron chi connectivity index (χ2n) is 4.90. The second kappa shape index (κ2) is 5.65. The van der Waals surface area contributed by atoms with Crippen molar-refractivity contribution in [1.82, 2.24) is 0 Å². The third-order valence-corrected chi connectivity index (χ3v) is 3.08. The zero-order valence-electron chi connectivity index (χ0n) is 11.8. The molecule has 1 amide bonds. The van der Waals surface area contributed by atoms with E-state index >= 15 is 0 Å². The number of phenolic OH excluding ortho intramolecular Hbond substituents is 1. The van der Waals surface area contributed by atoms with Crippen LogP contribution >= 0.6 is 0 Å². The molecule has 20 heavy (non-hydrogen) atoms. The molecule has 0 bridgehead atoms. The number of hydrogen-bond acceptors (Lipinski definition) is 3. The van der Waals surface area contributed by atoms with E-state index in [0.717, 1.165) is 16.9 Å². The molecule has 0 aliphatic heterocycles. The normalized spacial score (nSPS) is 10.2. The summed E-state index contributed by atoms with van der Waals surface area (Å²) in [6.07, 6.45) is 0. The Balaban J connectivity index is 2.19. The minimum atomic E-state index is -0.196. The number of benzene rings is 2. The van der Waals surface area contributed by atoms with Crippen molar-refractivity contribution >= 4 is 17.3 Å². The van der Waals surface area contributed by atoms with Crippen molar-refractivity contribution in [3.8, 4) is 5.75 Å². The quantitative estimate of drug-likeness (QED) is 0.901. The molecule has 4 nitrogen and oxygen atoms in total. The number of aromatic hydroxyl groups is 1. The largest absolute Gasteiger partial charge is 0.508 e. The van der Waals surface area contributed by atoms with Crippen molar-refractivity contribution < 1.29 is 9.90 Å². The number of rotatable bonds is 3. The van der Waals surface area contributed by atoms with Gasteiger partial charge >= 0.3 is 0 Å². The minimum Gasteiger partial charge on any atom is -0.508 e. The van der Waals surface area contributed by atoms with E-state index in [2.05, 4.69) is 5.32 Å². The molecule has 0 atom stereocenters. The number of hydrogen-bond donors (Lipinski definition) is 2. The third-order valence-electron chi connectivity index (χ3n) is 3.08. The molecule has 0 aromatic heterocycles. The zero-order chi connectivity index (χ0) is 14.7. The lowest BCUT2D eigenvalue weighted by Gasteiger charge is -2.17. The average molecular weight is 270 g/mol. The van der Waals surface area contributed by atoms with Crippen LogP contribution in [-0.2, 0) is 0 Å². The van der Waals surface area contributed by atoms with Crippen LogP contribution in [0.5, 0.6) is 5.75 Å². The predicted octanol–water partition coefficient (Wildman–Crippen LogP) is 3.02. The number of anilines is 2. The Morgan fingerprint density at radius 3 is 2.35 bits per heavy atom. The van der Waals surface area contributed by atoms with Gasteiger partial charge in [-0.25, -0.2) is 0 Å². The molecule has 0 fully saturated rings. The maximum Gasteiger partial charge on any atom is 0.255 e. The summed E-state index contributed by atoms with van der Waals surface area (Å²) in [4.78, 5) is 14.1. The smallest absolute Gasteiger partial charge is 0.255 e. The fraction of sp³-hybridized carbons (Fsp3) is 0.188. The van der Waals surface area contributed by atoms with E-state index in [1.807, 2.05) is 44.1 Å². The van der Waals surface area contributed by atoms with Crippen LogP contribution in [0.25, 0.3) is 0 Å². The monoisotopic (exact) mass is 270 g/mol. The highest BCUT2D eigenvalue weighted by molar-refractivity contribution is 6.04. The second-order valence-corrected chi connectivity index (χ2v) is 4.90. The molecule has 2 N–H and O–H groups in total. The molecule has 0 aliphatic carbocycles. The van der Waals surface area contributed by atoms with Crippen molar-refractivity contribution in [1.29, 1.82) is 0 Å². The highest BCUT2D eigenvalue weighted by Crippen LogP contribution is 2.23. The molecule has 0 aliphatic rings. The lowest BCUT2D eigenvalue weighted by molar-refractivity contribution is 0.102. The van der Waals surface area contributed by atoms with Gasteiger partial charge in [-0.1, -0.05) is 6.07 Å². The van der Waals surface area contributed by atoms with E-state index in [4.69, 9.17) is 0 Å². The summed E-state index contributed by atoms with van der Waals surface area (Å²) in [5, 5.41) is 12.1. The molecule has 0 heterocycles. The summed E-state index contributed by atoms with van der Waals surface area (Å²) in [6, 6.07) is 12.0. The van der Waals surface area contributed by atoms with Crippen LogP contribution in [0.2, 0.25) is 0 Å². The minimum absolute atomic E-state index is 0.145. The van der Waals surface area contributed by atoms with Gasteiger partial charge in [-0.05, 0) is 48.9 Å². The van der Waals surface area contributed by atoms with Gasteiger partial charge in [-0.3, -0.25) is 4.79 Å². The van der Waals surface area contributed by atoms with E-state index < -0.39 is 0 Å². The fourth-order valence-corrected chi connectivity index (χ4v) is 1.99. The number of amides is 1. The maximum atomic E-state index is 12.1. The molecular formula is C16H18N2O2. The first-order valence-corrected chi connectivity index (χ1v) is 6.36. The number of carbonyl (C=O) groups is 1. The Labute approximate surface area is 118 Å². The summed E-state index contributed by atoms with van der Waals surface area (Å²) in [6.45, 7) is 2.03. The molecule has 0 spiro atoms. The number of carbonyl (C=O) groups excluding carboxylic acids is 1. The standard InChI is InChI=1S/C16H18N2O2/c1-11-4-7-13(10-15(11)18(2)3)17-16(20)12-5-8-14(19)9-6-12/h4-10,19H,1-3H3,(H,17,20). The Hall–Kier alpha value is -2.49. The van der Waals surface area contributed by atoms with Gasteiger partial charge in [0.25, 0.3) is 5.91 Å². The Kier molecular flexibility index (Phi) is 3.94. The zero-order valence-corrected chi connectivity index (χ0v) is 11.8. The van der Waals surface area contributed by atoms with E-state index in [0.29, 0.717) is 5.56 Å². The topological polar surface area (TPSA) is 52.6 Å². The molecule has 0 saturated carbocycles. The number of nitrogens with one attached hydrogen (secondary N) is 1. The summed E-state index contributed by atoms with van der Waals surface area (Å²) >= 11 is 0. The molecule has 2 aromatic carbocycles. The predicted molar refractivity (Wildman–Crippen MR) is 81.6 cm³/mol. The Bertz CT molecular complexity index is 619. The van der Waals surface area contributed by atoms with Gasteiger partial charge in [0, 0.05) is 31.0 Å². The number of nitrogens with zero attached hydrogens (tertiary/aromatic N) is 1. The highest BCUT2D eigenvalue weighted by Gasteiger charge is 2.08. The van der Waals surface area contributed by atoms with Crippen LogP contribution in [0.4, 0.5) is 11.4 Å². The molecular weight excluding hydrogens is 252 g/mol. The van der Waals surface area contributed by atoms with Crippen LogP contribution in [0.3, 0.4) is 0 Å². The van der Waals surface area contributed by atoms with Crippen LogP contribution in [0, 0.1) is 6.92 Å². The first-order valence-electron chi connectivity index (χ1n) is 6.36. The van der Waals surface area contributed by atoms with E-state index in [1.54, 1.807) is 12.1 Å². The van der Waals surface area contributed by atoms with Gasteiger partial charge < -0.3 is 15.3 Å². The van der Waals surface area contributed by atoms with Gasteiger partial charge in [-0.2, -0.15) is 0 Å². The SMILES string of the molecule is Cc1ccc(NC(=O)c2ccc(O)cc2)cc1N(C)C. The summed E-state index contributed by atoms with van der Waals surface area (Å²) in [5.41, 5.74) is 3.47. The van der Waals surface area contributed by atoms with Crippen LogP contribution < -0.4 is 10.2 Å². The lowest BCUT2D eigenvalue weighted by atomic mass is 10.1. The van der Waals surface area contributed by atoms with Crippen molar-refractivity contribution in [2.24, 2.45) is 0 Å². The molecule has 2 rings (SSSR count). The first kappa shape index (κ1) is 13.9. The van der Waals surface area contributed by atoms with Gasteiger partial charge in [0.2, 0.25) is 0 Å².